The summed E-state index contributed by atoms with van der Waals surface area (Å²) in [5.41, 5.74) is 5.22. The van der Waals surface area contributed by atoms with Gasteiger partial charge in [-0.05, 0) is 19.6 Å². The lowest BCUT2D eigenvalue weighted by atomic mass is 10.6. The van der Waals surface area contributed by atoms with Gasteiger partial charge in [-0.2, -0.15) is 0 Å². The van der Waals surface area contributed by atoms with Gasteiger partial charge in [0.05, 0.1) is 0 Å². The molecule has 0 unspecified atom stereocenters. The summed E-state index contributed by atoms with van der Waals surface area (Å²) in [6.07, 6.45) is 2.05. The maximum atomic E-state index is 5.42. The SMILES string of the molecule is C=NC1(N)CC1. The van der Waals surface area contributed by atoms with Gasteiger partial charge in [0.15, 0.2) is 0 Å². The third kappa shape index (κ3) is 0.431. The third-order valence-corrected chi connectivity index (χ3v) is 1.08. The van der Waals surface area contributed by atoms with Crippen LogP contribution < -0.4 is 5.73 Å². The van der Waals surface area contributed by atoms with Crippen LogP contribution in [-0.4, -0.2) is 12.4 Å². The Hall–Kier alpha value is -0.370. The molecule has 0 spiro atoms. The van der Waals surface area contributed by atoms with Gasteiger partial charge in [0.25, 0.3) is 0 Å². The quantitative estimate of drug-likeness (QED) is 0.451. The molecule has 1 fully saturated rings. The molecule has 2 nitrogen and oxygen atoms in total. The van der Waals surface area contributed by atoms with Crippen molar-refractivity contribution >= 4 is 6.72 Å². The molecule has 1 aliphatic carbocycles. The Bertz CT molecular complexity index is 73.6. The average Bonchev–Trinajstić information content (AvgIpc) is 2.22. The minimum absolute atomic E-state index is 0.194. The fraction of sp³-hybridized carbons (Fsp3) is 0.750. The van der Waals surface area contributed by atoms with E-state index in [1.807, 2.05) is 0 Å². The van der Waals surface area contributed by atoms with Crippen LogP contribution in [0.3, 0.4) is 0 Å². The van der Waals surface area contributed by atoms with E-state index in [1.165, 1.54) is 0 Å². The van der Waals surface area contributed by atoms with Crippen molar-refractivity contribution in [2.45, 2.75) is 18.5 Å². The van der Waals surface area contributed by atoms with Crippen LogP contribution in [0.5, 0.6) is 0 Å². The largest absolute Gasteiger partial charge is 0.307 e. The monoisotopic (exact) mass is 84.1 g/mol. The summed E-state index contributed by atoms with van der Waals surface area (Å²) in [5.74, 6) is 0. The van der Waals surface area contributed by atoms with E-state index in [9.17, 15) is 0 Å². The molecule has 2 N–H and O–H groups in total. The zero-order valence-electron chi connectivity index (χ0n) is 3.65. The number of rotatable bonds is 1. The maximum Gasteiger partial charge on any atom is 0.107 e. The van der Waals surface area contributed by atoms with Gasteiger partial charge in [-0.25, -0.2) is 0 Å². The fourth-order valence-corrected chi connectivity index (χ4v) is 0.286. The van der Waals surface area contributed by atoms with Gasteiger partial charge < -0.3 is 5.73 Å². The summed E-state index contributed by atoms with van der Waals surface area (Å²) >= 11 is 0. The highest BCUT2D eigenvalue weighted by Crippen LogP contribution is 2.32. The molecule has 6 heavy (non-hydrogen) atoms. The van der Waals surface area contributed by atoms with Crippen LogP contribution in [-0.2, 0) is 0 Å². The Labute approximate surface area is 37.1 Å². The molecule has 0 aromatic carbocycles. The molecule has 0 radical (unpaired) electrons. The van der Waals surface area contributed by atoms with E-state index >= 15 is 0 Å². The molecule has 0 heterocycles. The van der Waals surface area contributed by atoms with Crippen LogP contribution in [0.15, 0.2) is 4.99 Å². The van der Waals surface area contributed by atoms with Gasteiger partial charge >= 0.3 is 0 Å². The molecular formula is C4H8N2. The van der Waals surface area contributed by atoms with Crippen molar-refractivity contribution in [2.75, 3.05) is 0 Å². The molecule has 1 saturated carbocycles. The second-order valence-electron chi connectivity index (χ2n) is 1.76. The lowest BCUT2D eigenvalue weighted by Gasteiger charge is -1.92. The zero-order valence-corrected chi connectivity index (χ0v) is 3.65. The van der Waals surface area contributed by atoms with Gasteiger partial charge in [0.1, 0.15) is 5.66 Å². The molecule has 2 heteroatoms. The summed E-state index contributed by atoms with van der Waals surface area (Å²) in [7, 11) is 0. The first-order chi connectivity index (χ1) is 2.77. The predicted molar refractivity (Wildman–Crippen MR) is 25.7 cm³/mol. The lowest BCUT2D eigenvalue weighted by Crippen LogP contribution is -2.16. The summed E-state index contributed by atoms with van der Waals surface area (Å²) in [6.45, 7) is 3.32. The van der Waals surface area contributed by atoms with E-state index in [-0.39, 0.29) is 5.66 Å². The molecule has 0 aromatic heterocycles. The van der Waals surface area contributed by atoms with Gasteiger partial charge in [-0.15, -0.1) is 0 Å². The predicted octanol–water partition coefficient (Wildman–Crippen LogP) is 0.136. The van der Waals surface area contributed by atoms with Gasteiger partial charge in [-0.3, -0.25) is 4.99 Å². The number of hydrogen-bond acceptors (Lipinski definition) is 2. The Morgan fingerprint density at radius 2 is 2.17 bits per heavy atom. The Kier molecular flexibility index (Phi) is 0.520. The minimum Gasteiger partial charge on any atom is -0.307 e. The highest BCUT2D eigenvalue weighted by Gasteiger charge is 2.36. The summed E-state index contributed by atoms with van der Waals surface area (Å²) in [5, 5.41) is 0. The van der Waals surface area contributed by atoms with Crippen LogP contribution in [0.1, 0.15) is 12.8 Å². The topological polar surface area (TPSA) is 38.4 Å². The zero-order chi connectivity index (χ0) is 4.62. The minimum atomic E-state index is -0.194. The highest BCUT2D eigenvalue weighted by molar-refractivity contribution is 5.27. The standard InChI is InChI=1S/C4H8N2/c1-6-4(5)2-3-4/h1-3,5H2. The second kappa shape index (κ2) is 0.819. The molecule has 0 aromatic rings. The first-order valence-electron chi connectivity index (χ1n) is 2.04. The third-order valence-electron chi connectivity index (χ3n) is 1.08. The highest BCUT2D eigenvalue weighted by atomic mass is 15.1. The smallest absolute Gasteiger partial charge is 0.107 e. The Morgan fingerprint density at radius 3 is 2.17 bits per heavy atom. The van der Waals surface area contributed by atoms with Gasteiger partial charge in [0, 0.05) is 0 Å². The van der Waals surface area contributed by atoms with E-state index in [4.69, 9.17) is 5.73 Å². The average molecular weight is 84.1 g/mol. The van der Waals surface area contributed by atoms with Gasteiger partial charge in [-0.1, -0.05) is 0 Å². The lowest BCUT2D eigenvalue weighted by molar-refractivity contribution is 0.729. The van der Waals surface area contributed by atoms with Crippen molar-refractivity contribution < 1.29 is 0 Å². The van der Waals surface area contributed by atoms with Gasteiger partial charge in [0.2, 0.25) is 0 Å². The second-order valence-corrected chi connectivity index (χ2v) is 1.76. The molecule has 0 aliphatic heterocycles. The maximum absolute atomic E-state index is 5.42. The van der Waals surface area contributed by atoms with Crippen LogP contribution >= 0.6 is 0 Å². The molecule has 0 bridgehead atoms. The number of nitrogens with two attached hydrogens (primary N) is 1. The first kappa shape index (κ1) is 3.81. The fourth-order valence-electron chi connectivity index (χ4n) is 0.286. The van der Waals surface area contributed by atoms with E-state index < -0.39 is 0 Å². The van der Waals surface area contributed by atoms with Crippen LogP contribution in [0.2, 0.25) is 0 Å². The van der Waals surface area contributed by atoms with Crippen LogP contribution in [0.25, 0.3) is 0 Å². The van der Waals surface area contributed by atoms with Crippen molar-refractivity contribution in [3.8, 4) is 0 Å². The van der Waals surface area contributed by atoms with Crippen LogP contribution in [0.4, 0.5) is 0 Å². The number of aliphatic imine (C=N–C) groups is 1. The molecule has 34 valence electrons. The summed E-state index contributed by atoms with van der Waals surface area (Å²) < 4.78 is 0. The Balaban J connectivity index is 2.47. The Morgan fingerprint density at radius 1 is 1.67 bits per heavy atom. The van der Waals surface area contributed by atoms with Crippen molar-refractivity contribution in [1.82, 2.24) is 0 Å². The normalized spacial score (nSPS) is 26.2. The number of hydrogen-bond donors (Lipinski definition) is 1. The van der Waals surface area contributed by atoms with E-state index in [1.54, 1.807) is 0 Å². The molecule has 1 rings (SSSR count). The summed E-state index contributed by atoms with van der Waals surface area (Å²) in [6, 6.07) is 0. The van der Waals surface area contributed by atoms with E-state index in [0.717, 1.165) is 12.8 Å². The molecule has 1 aliphatic rings. The number of nitrogens with zero attached hydrogens (tertiary/aromatic N) is 1. The van der Waals surface area contributed by atoms with Crippen molar-refractivity contribution in [3.63, 3.8) is 0 Å². The van der Waals surface area contributed by atoms with Crippen molar-refractivity contribution in [1.29, 1.82) is 0 Å². The van der Waals surface area contributed by atoms with Crippen molar-refractivity contribution in [2.24, 2.45) is 10.7 Å². The molecular weight excluding hydrogens is 76.1 g/mol. The van der Waals surface area contributed by atoms with Crippen molar-refractivity contribution in [3.05, 3.63) is 0 Å². The van der Waals surface area contributed by atoms with Crippen LogP contribution in [0, 0.1) is 0 Å². The molecule has 0 atom stereocenters. The van der Waals surface area contributed by atoms with E-state index in [2.05, 4.69) is 11.7 Å². The summed E-state index contributed by atoms with van der Waals surface area (Å²) in [4.78, 5) is 3.66. The molecule has 0 amide bonds. The first-order valence-corrected chi connectivity index (χ1v) is 2.04. The molecule has 0 saturated heterocycles. The van der Waals surface area contributed by atoms with E-state index in [0.29, 0.717) is 0 Å².